The van der Waals surface area contributed by atoms with Crippen LogP contribution in [0, 0.1) is 11.8 Å². The molecule has 4 atom stereocenters. The van der Waals surface area contributed by atoms with Crippen molar-refractivity contribution in [2.45, 2.75) is 105 Å². The van der Waals surface area contributed by atoms with Crippen molar-refractivity contribution in [2.24, 2.45) is 17.0 Å². The lowest BCUT2D eigenvalue weighted by atomic mass is 9.92. The topological polar surface area (TPSA) is 137 Å². The number of hydrogen-bond acceptors (Lipinski definition) is 7. The highest BCUT2D eigenvalue weighted by Crippen LogP contribution is 2.30. The van der Waals surface area contributed by atoms with Crippen LogP contribution in [0.4, 0.5) is 0 Å². The molecule has 1 rings (SSSR count). The summed E-state index contributed by atoms with van der Waals surface area (Å²) in [6.07, 6.45) is 5.09. The molecule has 0 spiro atoms. The largest absolute Gasteiger partial charge is 0.461 e. The molecular formula is C26H44N6O4S. The van der Waals surface area contributed by atoms with Gasteiger partial charge in [-0.15, -0.1) is 11.3 Å². The number of esters is 1. The van der Waals surface area contributed by atoms with Crippen LogP contribution in [0.25, 0.3) is 10.4 Å². The summed E-state index contributed by atoms with van der Waals surface area (Å²) in [7, 11) is 0. The molecule has 208 valence electrons. The summed E-state index contributed by atoms with van der Waals surface area (Å²) in [6.45, 7) is 14.1. The maximum absolute atomic E-state index is 13.8. The minimum atomic E-state index is -0.795. The molecule has 2 amide bonds. The van der Waals surface area contributed by atoms with Gasteiger partial charge in [0.15, 0.2) is 5.69 Å². The van der Waals surface area contributed by atoms with E-state index in [1.54, 1.807) is 12.3 Å². The Morgan fingerprint density at radius 2 is 1.89 bits per heavy atom. The Morgan fingerprint density at radius 1 is 1.19 bits per heavy atom. The minimum Gasteiger partial charge on any atom is -0.461 e. The van der Waals surface area contributed by atoms with Crippen molar-refractivity contribution >= 4 is 29.1 Å². The third kappa shape index (κ3) is 10.3. The van der Waals surface area contributed by atoms with Crippen molar-refractivity contribution in [1.29, 1.82) is 0 Å². The van der Waals surface area contributed by atoms with Gasteiger partial charge >= 0.3 is 5.97 Å². The first-order chi connectivity index (χ1) is 17.6. The molecule has 0 aromatic carbocycles. The van der Waals surface area contributed by atoms with E-state index in [-0.39, 0.29) is 42.0 Å². The second-order valence-corrected chi connectivity index (χ2v) is 10.6. The number of carbonyl (C=O) groups is 3. The molecule has 0 aliphatic heterocycles. The fourth-order valence-corrected chi connectivity index (χ4v) is 5.07. The Kier molecular flexibility index (Phi) is 14.9. The quantitative estimate of drug-likeness (QED) is 0.0850. The van der Waals surface area contributed by atoms with E-state index in [1.165, 1.54) is 18.3 Å². The van der Waals surface area contributed by atoms with Crippen molar-refractivity contribution in [3.63, 3.8) is 0 Å². The number of amides is 2. The summed E-state index contributed by atoms with van der Waals surface area (Å²) < 4.78 is 5.06. The molecule has 0 bridgehead atoms. The molecular weight excluding hydrogens is 492 g/mol. The van der Waals surface area contributed by atoms with Gasteiger partial charge in [-0.25, -0.2) is 9.78 Å². The zero-order valence-electron chi connectivity index (χ0n) is 23.4. The molecule has 1 aromatic heterocycles. The van der Waals surface area contributed by atoms with E-state index >= 15 is 0 Å². The number of nitrogens with one attached hydrogen (secondary N) is 1. The SMILES string of the molecule is CCCCCCN(C(=O)[C@@H](N=[N+]=[N-])[C@@H](C)CC)[C@H](C[C@@H](NC(C)=O)c1nc(C(=O)OCC)cs1)C(C)C. The number of hydrogen-bond donors (Lipinski definition) is 1. The molecule has 1 N–H and O–H groups in total. The number of unbranched alkanes of at least 4 members (excludes halogenated alkanes) is 3. The summed E-state index contributed by atoms with van der Waals surface area (Å²) >= 11 is 1.28. The van der Waals surface area contributed by atoms with Gasteiger partial charge in [-0.2, -0.15) is 0 Å². The number of aromatic nitrogens is 1. The molecule has 0 aliphatic rings. The first-order valence-corrected chi connectivity index (χ1v) is 14.2. The Labute approximate surface area is 225 Å². The predicted octanol–water partition coefficient (Wildman–Crippen LogP) is 6.05. The number of azide groups is 1. The Hall–Kier alpha value is -2.65. The maximum atomic E-state index is 13.8. The fourth-order valence-electron chi connectivity index (χ4n) is 4.22. The first kappa shape index (κ1) is 32.4. The van der Waals surface area contributed by atoms with Gasteiger partial charge in [0.05, 0.1) is 12.6 Å². The van der Waals surface area contributed by atoms with Gasteiger partial charge < -0.3 is 15.0 Å². The van der Waals surface area contributed by atoms with Crippen molar-refractivity contribution in [3.05, 3.63) is 26.5 Å². The highest BCUT2D eigenvalue weighted by molar-refractivity contribution is 7.09. The molecule has 37 heavy (non-hydrogen) atoms. The second kappa shape index (κ2) is 17.0. The Balaban J connectivity index is 3.39. The van der Waals surface area contributed by atoms with Crippen LogP contribution in [-0.4, -0.2) is 52.9 Å². The van der Waals surface area contributed by atoms with Gasteiger partial charge in [0.1, 0.15) is 11.0 Å². The number of nitrogens with zero attached hydrogens (tertiary/aromatic N) is 5. The van der Waals surface area contributed by atoms with Crippen LogP contribution in [0.5, 0.6) is 0 Å². The van der Waals surface area contributed by atoms with Crippen molar-refractivity contribution in [1.82, 2.24) is 15.2 Å². The van der Waals surface area contributed by atoms with Crippen LogP contribution in [0.3, 0.4) is 0 Å². The standard InChI is InChI=1S/C26H44N6O4S/c1-8-11-12-13-14-32(25(34)23(30-31-27)18(6)9-2)22(17(4)5)15-20(28-19(7)33)24-29-21(16-37-24)26(35)36-10-3/h16-18,20,22-23H,8-15H2,1-7H3,(H,28,33)/t18-,20+,22+,23-/m0/s1. The number of carbonyl (C=O) groups excluding carboxylic acids is 3. The lowest BCUT2D eigenvalue weighted by molar-refractivity contribution is -0.137. The maximum Gasteiger partial charge on any atom is 0.357 e. The van der Waals surface area contributed by atoms with Gasteiger partial charge in [0.25, 0.3) is 0 Å². The predicted molar refractivity (Wildman–Crippen MR) is 146 cm³/mol. The van der Waals surface area contributed by atoms with E-state index in [2.05, 4.69) is 27.3 Å². The Morgan fingerprint density at radius 3 is 2.43 bits per heavy atom. The Bertz CT molecular complexity index is 915. The lowest BCUT2D eigenvalue weighted by Crippen LogP contribution is -2.50. The molecule has 11 heteroatoms. The lowest BCUT2D eigenvalue weighted by Gasteiger charge is -2.38. The van der Waals surface area contributed by atoms with Gasteiger partial charge in [0, 0.05) is 29.8 Å². The van der Waals surface area contributed by atoms with Crippen LogP contribution in [-0.2, 0) is 14.3 Å². The summed E-state index contributed by atoms with van der Waals surface area (Å²) in [5, 5.41) is 9.05. The van der Waals surface area contributed by atoms with Crippen LogP contribution < -0.4 is 5.32 Å². The van der Waals surface area contributed by atoms with Gasteiger partial charge in [-0.05, 0) is 37.1 Å². The van der Waals surface area contributed by atoms with E-state index in [0.717, 1.165) is 25.7 Å². The molecule has 0 unspecified atom stereocenters. The number of ether oxygens (including phenoxy) is 1. The molecule has 1 aromatic rings. The molecule has 0 saturated heterocycles. The van der Waals surface area contributed by atoms with Gasteiger partial charge in [-0.3, -0.25) is 9.59 Å². The van der Waals surface area contributed by atoms with Crippen LogP contribution in [0.15, 0.2) is 10.5 Å². The highest BCUT2D eigenvalue weighted by Gasteiger charge is 2.35. The smallest absolute Gasteiger partial charge is 0.357 e. The van der Waals surface area contributed by atoms with Gasteiger partial charge in [0.2, 0.25) is 11.8 Å². The third-order valence-corrected chi connectivity index (χ3v) is 7.44. The molecule has 0 fully saturated rings. The average Bonchev–Trinajstić information content (AvgIpc) is 3.35. The molecule has 1 heterocycles. The monoisotopic (exact) mass is 536 g/mol. The van der Waals surface area contributed by atoms with Crippen molar-refractivity contribution in [2.75, 3.05) is 13.2 Å². The van der Waals surface area contributed by atoms with Gasteiger partial charge in [-0.1, -0.05) is 65.4 Å². The van der Waals surface area contributed by atoms with Crippen molar-refractivity contribution < 1.29 is 19.1 Å². The normalized spacial score (nSPS) is 14.3. The summed E-state index contributed by atoms with van der Waals surface area (Å²) in [6, 6.07) is -1.54. The zero-order valence-corrected chi connectivity index (χ0v) is 24.2. The van der Waals surface area contributed by atoms with Crippen LogP contribution >= 0.6 is 11.3 Å². The van der Waals surface area contributed by atoms with Crippen molar-refractivity contribution in [3.8, 4) is 0 Å². The summed E-state index contributed by atoms with van der Waals surface area (Å²) in [4.78, 5) is 47.4. The fraction of sp³-hybridized carbons (Fsp3) is 0.769. The first-order valence-electron chi connectivity index (χ1n) is 13.3. The van der Waals surface area contributed by atoms with E-state index < -0.39 is 18.1 Å². The highest BCUT2D eigenvalue weighted by atomic mass is 32.1. The number of rotatable bonds is 17. The molecule has 0 aliphatic carbocycles. The summed E-state index contributed by atoms with van der Waals surface area (Å²) in [5.74, 6) is -0.973. The zero-order chi connectivity index (χ0) is 28.0. The molecule has 10 nitrogen and oxygen atoms in total. The molecule has 0 radical (unpaired) electrons. The van der Waals surface area contributed by atoms with E-state index in [1.807, 2.05) is 32.6 Å². The molecule has 0 saturated carbocycles. The minimum absolute atomic E-state index is 0.0551. The number of thiazole rings is 1. The van der Waals surface area contributed by atoms with E-state index in [0.29, 0.717) is 24.4 Å². The van der Waals surface area contributed by atoms with Crippen LogP contribution in [0.2, 0.25) is 0 Å². The van der Waals surface area contributed by atoms with Crippen LogP contribution in [0.1, 0.15) is 109 Å². The second-order valence-electron chi connectivity index (χ2n) is 9.72. The third-order valence-electron chi connectivity index (χ3n) is 6.48. The average molecular weight is 537 g/mol. The van der Waals surface area contributed by atoms with E-state index in [4.69, 9.17) is 4.74 Å². The van der Waals surface area contributed by atoms with E-state index in [9.17, 15) is 19.9 Å². The summed E-state index contributed by atoms with van der Waals surface area (Å²) in [5.41, 5.74) is 9.38.